The number of H-pyrrole nitrogens is 1. The predicted octanol–water partition coefficient (Wildman–Crippen LogP) is 3.55. The van der Waals surface area contributed by atoms with E-state index in [1.54, 1.807) is 0 Å². The Morgan fingerprint density at radius 1 is 1.24 bits per heavy atom. The summed E-state index contributed by atoms with van der Waals surface area (Å²) < 4.78 is 0. The lowest BCUT2D eigenvalue weighted by molar-refractivity contribution is 0.571. The van der Waals surface area contributed by atoms with Gasteiger partial charge in [-0.25, -0.2) is 0 Å². The fourth-order valence-corrected chi connectivity index (χ4v) is 1.89. The highest BCUT2D eigenvalue weighted by Gasteiger charge is 2.02. The predicted molar refractivity (Wildman–Crippen MR) is 89.4 cm³/mol. The molecule has 0 fully saturated rings. The monoisotopic (exact) mass is 280 g/mol. The number of rotatable bonds is 3. The minimum atomic E-state index is -0.0861. The smallest absolute Gasteiger partial charge is 0.248 e. The second kappa shape index (κ2) is 6.32. The van der Waals surface area contributed by atoms with Crippen LogP contribution in [0.4, 0.5) is 5.69 Å². The van der Waals surface area contributed by atoms with Crippen LogP contribution in [-0.2, 0) is 0 Å². The van der Waals surface area contributed by atoms with Crippen molar-refractivity contribution in [1.29, 1.82) is 0 Å². The summed E-state index contributed by atoms with van der Waals surface area (Å²) in [5.41, 5.74) is 1.78. The van der Waals surface area contributed by atoms with Crippen LogP contribution in [0.25, 0.3) is 10.9 Å². The molecular weight excluding hydrogens is 260 g/mol. The first kappa shape index (κ1) is 14.9. The minimum Gasteiger partial charge on any atom is -0.381 e. The number of fused-ring (bicyclic) bond motifs is 1. The average molecular weight is 280 g/mol. The quantitative estimate of drug-likeness (QED) is 0.845. The fourth-order valence-electron chi connectivity index (χ4n) is 1.89. The van der Waals surface area contributed by atoms with Gasteiger partial charge in [0, 0.05) is 29.1 Å². The van der Waals surface area contributed by atoms with Gasteiger partial charge in [-0.15, -0.1) is 0 Å². The summed E-state index contributed by atoms with van der Waals surface area (Å²) in [6.45, 7) is 6.95. The first-order valence-electron chi connectivity index (χ1n) is 6.99. The van der Waals surface area contributed by atoms with Gasteiger partial charge in [-0.3, -0.25) is 4.79 Å². The highest BCUT2D eigenvalue weighted by Crippen LogP contribution is 2.20. The molecule has 2 N–H and O–H groups in total. The Morgan fingerprint density at radius 3 is 2.81 bits per heavy atom. The molecule has 1 heterocycles. The molecule has 0 saturated heterocycles. The molecule has 2 aromatic rings. The van der Waals surface area contributed by atoms with E-state index in [4.69, 9.17) is 0 Å². The Kier molecular flexibility index (Phi) is 4.49. The lowest BCUT2D eigenvalue weighted by Crippen LogP contribution is -2.04. The van der Waals surface area contributed by atoms with Crippen molar-refractivity contribution < 1.29 is 0 Å². The molecule has 3 nitrogen and oxygen atoms in total. The molecular formula is C18H20N2O. The number of hydrogen-bond donors (Lipinski definition) is 2. The fraction of sp³-hybridized carbons (Fsp3) is 0.278. The number of hydrogen-bond acceptors (Lipinski definition) is 2. The molecule has 0 aliphatic rings. The molecule has 1 aromatic carbocycles. The van der Waals surface area contributed by atoms with Gasteiger partial charge in [-0.05, 0) is 45.0 Å². The number of pyridine rings is 1. The van der Waals surface area contributed by atoms with Gasteiger partial charge in [-0.1, -0.05) is 24.0 Å². The van der Waals surface area contributed by atoms with Crippen LogP contribution in [0.3, 0.4) is 0 Å². The molecule has 0 atom stereocenters. The highest BCUT2D eigenvalue weighted by atomic mass is 16.1. The summed E-state index contributed by atoms with van der Waals surface area (Å²) in [5.74, 6) is 6.19. The number of benzene rings is 1. The molecule has 21 heavy (non-hydrogen) atoms. The van der Waals surface area contributed by atoms with Crippen molar-refractivity contribution >= 4 is 16.6 Å². The molecule has 0 unspecified atom stereocenters. The average Bonchev–Trinajstić information content (AvgIpc) is 2.41. The third-order valence-electron chi connectivity index (χ3n) is 2.82. The zero-order valence-corrected chi connectivity index (χ0v) is 12.7. The standard InChI is InChI=1S/C18H20N2O/c1-18(2,3)12-5-4-6-13-19-15-8-7-9-16-14(15)10-11-17(21)20-16/h4,6-11,19H,13H2,1-3H3,(H,20,21)/b6-4+. The van der Waals surface area contributed by atoms with Crippen molar-refractivity contribution in [3.05, 3.63) is 52.8 Å². The van der Waals surface area contributed by atoms with Gasteiger partial charge in [0.15, 0.2) is 0 Å². The van der Waals surface area contributed by atoms with E-state index in [1.165, 1.54) is 6.07 Å². The van der Waals surface area contributed by atoms with Crippen LogP contribution in [0.15, 0.2) is 47.3 Å². The van der Waals surface area contributed by atoms with Crippen LogP contribution >= 0.6 is 0 Å². The zero-order valence-electron chi connectivity index (χ0n) is 12.7. The van der Waals surface area contributed by atoms with Crippen LogP contribution in [0.2, 0.25) is 0 Å². The van der Waals surface area contributed by atoms with Crippen LogP contribution in [-0.4, -0.2) is 11.5 Å². The maximum Gasteiger partial charge on any atom is 0.248 e. The summed E-state index contributed by atoms with van der Waals surface area (Å²) in [5, 5.41) is 4.33. The first-order chi connectivity index (χ1) is 9.96. The Bertz CT molecular complexity index is 767. The van der Waals surface area contributed by atoms with E-state index in [-0.39, 0.29) is 11.0 Å². The van der Waals surface area contributed by atoms with E-state index in [9.17, 15) is 4.79 Å². The minimum absolute atomic E-state index is 0.0271. The molecule has 3 heteroatoms. The third-order valence-corrected chi connectivity index (χ3v) is 2.82. The van der Waals surface area contributed by atoms with Gasteiger partial charge < -0.3 is 10.3 Å². The topological polar surface area (TPSA) is 44.9 Å². The van der Waals surface area contributed by atoms with Gasteiger partial charge in [0.05, 0.1) is 5.52 Å². The van der Waals surface area contributed by atoms with Gasteiger partial charge in [-0.2, -0.15) is 0 Å². The van der Waals surface area contributed by atoms with E-state index < -0.39 is 0 Å². The molecule has 2 rings (SSSR count). The molecule has 0 aliphatic carbocycles. The van der Waals surface area contributed by atoms with E-state index in [0.717, 1.165) is 16.6 Å². The van der Waals surface area contributed by atoms with Gasteiger partial charge in [0.2, 0.25) is 5.56 Å². The molecule has 0 amide bonds. The summed E-state index contributed by atoms with van der Waals surface area (Å²) in [6, 6.07) is 9.18. The number of nitrogens with one attached hydrogen (secondary N) is 2. The molecule has 0 saturated carbocycles. The molecule has 108 valence electrons. The van der Waals surface area contributed by atoms with Crippen molar-refractivity contribution in [2.45, 2.75) is 20.8 Å². The van der Waals surface area contributed by atoms with Crippen LogP contribution in [0.5, 0.6) is 0 Å². The van der Waals surface area contributed by atoms with Crippen molar-refractivity contribution in [2.24, 2.45) is 5.41 Å². The first-order valence-corrected chi connectivity index (χ1v) is 6.99. The second-order valence-electron chi connectivity index (χ2n) is 5.89. The SMILES string of the molecule is CC(C)(C)C#C/C=C/CNc1cccc2[nH]c(=O)ccc12. The van der Waals surface area contributed by atoms with Crippen molar-refractivity contribution in [1.82, 2.24) is 4.98 Å². The summed E-state index contributed by atoms with van der Waals surface area (Å²) in [7, 11) is 0. The van der Waals surface area contributed by atoms with Crippen molar-refractivity contribution in [3.8, 4) is 11.8 Å². The summed E-state index contributed by atoms with van der Waals surface area (Å²) in [6.07, 6.45) is 3.86. The lowest BCUT2D eigenvalue weighted by atomic mass is 9.98. The maximum atomic E-state index is 11.3. The summed E-state index contributed by atoms with van der Waals surface area (Å²) >= 11 is 0. The van der Waals surface area contributed by atoms with E-state index in [0.29, 0.717) is 6.54 Å². The summed E-state index contributed by atoms with van der Waals surface area (Å²) in [4.78, 5) is 14.1. The molecule has 1 aromatic heterocycles. The Morgan fingerprint density at radius 2 is 2.05 bits per heavy atom. The number of aromatic nitrogens is 1. The molecule has 0 bridgehead atoms. The largest absolute Gasteiger partial charge is 0.381 e. The Balaban J connectivity index is 2.06. The Labute approximate surface area is 125 Å². The Hall–Kier alpha value is -2.47. The van der Waals surface area contributed by atoms with Gasteiger partial charge in [0.1, 0.15) is 0 Å². The lowest BCUT2D eigenvalue weighted by Gasteiger charge is -2.07. The van der Waals surface area contributed by atoms with Crippen LogP contribution in [0.1, 0.15) is 20.8 Å². The van der Waals surface area contributed by atoms with E-state index >= 15 is 0 Å². The van der Waals surface area contributed by atoms with E-state index in [1.807, 2.05) is 36.4 Å². The van der Waals surface area contributed by atoms with Gasteiger partial charge in [0.25, 0.3) is 0 Å². The van der Waals surface area contributed by atoms with Crippen molar-refractivity contribution in [2.75, 3.05) is 11.9 Å². The number of allylic oxidation sites excluding steroid dienone is 1. The van der Waals surface area contributed by atoms with Gasteiger partial charge >= 0.3 is 0 Å². The van der Waals surface area contributed by atoms with Crippen LogP contribution < -0.4 is 10.9 Å². The molecule has 0 spiro atoms. The number of aromatic amines is 1. The van der Waals surface area contributed by atoms with Crippen LogP contribution in [0, 0.1) is 17.3 Å². The highest BCUT2D eigenvalue weighted by molar-refractivity contribution is 5.91. The second-order valence-corrected chi connectivity index (χ2v) is 5.89. The maximum absolute atomic E-state index is 11.3. The normalized spacial score (nSPS) is 11.4. The van der Waals surface area contributed by atoms with E-state index in [2.05, 4.69) is 42.9 Å². The molecule has 0 radical (unpaired) electrons. The zero-order chi connectivity index (χ0) is 15.3. The third kappa shape index (κ3) is 4.54. The number of anilines is 1. The molecule has 0 aliphatic heterocycles. The van der Waals surface area contributed by atoms with Crippen molar-refractivity contribution in [3.63, 3.8) is 0 Å².